The summed E-state index contributed by atoms with van der Waals surface area (Å²) in [5.41, 5.74) is 2.72. The molecule has 2 aromatic rings. The lowest BCUT2D eigenvalue weighted by Gasteiger charge is -2.32. The van der Waals surface area contributed by atoms with Crippen molar-refractivity contribution in [2.45, 2.75) is 39.2 Å². The average molecular weight is 397 g/mol. The van der Waals surface area contributed by atoms with Crippen molar-refractivity contribution in [2.75, 3.05) is 18.4 Å². The van der Waals surface area contributed by atoms with Crippen molar-refractivity contribution in [1.29, 1.82) is 0 Å². The third-order valence-corrected chi connectivity index (χ3v) is 5.23. The van der Waals surface area contributed by atoms with E-state index in [2.05, 4.69) is 16.7 Å². The van der Waals surface area contributed by atoms with Crippen LogP contribution in [0.4, 0.5) is 14.9 Å². The number of nitrogens with one attached hydrogen (secondary N) is 2. The largest absolute Gasteiger partial charge is 0.352 e. The summed E-state index contributed by atoms with van der Waals surface area (Å²) in [5.74, 6) is -0.0458. The second-order valence-electron chi connectivity index (χ2n) is 7.70. The summed E-state index contributed by atoms with van der Waals surface area (Å²) in [4.78, 5) is 26.4. The summed E-state index contributed by atoms with van der Waals surface area (Å²) in [6.45, 7) is 3.86. The molecule has 1 heterocycles. The van der Waals surface area contributed by atoms with Gasteiger partial charge in [0.25, 0.3) is 0 Å². The molecule has 1 saturated heterocycles. The average Bonchev–Trinajstić information content (AvgIpc) is 2.71. The third kappa shape index (κ3) is 6.59. The maximum absolute atomic E-state index is 13.3. The van der Waals surface area contributed by atoms with Gasteiger partial charge in [-0.25, -0.2) is 9.18 Å². The van der Waals surface area contributed by atoms with E-state index in [0.29, 0.717) is 37.7 Å². The van der Waals surface area contributed by atoms with Crippen LogP contribution in [0.1, 0.15) is 36.8 Å². The first kappa shape index (κ1) is 20.8. The number of hydrogen-bond acceptors (Lipinski definition) is 2. The molecule has 0 aromatic heterocycles. The fourth-order valence-corrected chi connectivity index (χ4v) is 3.70. The van der Waals surface area contributed by atoms with E-state index in [1.165, 1.54) is 17.7 Å². The quantitative estimate of drug-likeness (QED) is 0.755. The molecule has 2 N–H and O–H groups in total. The Morgan fingerprint density at radius 3 is 2.79 bits per heavy atom. The van der Waals surface area contributed by atoms with Crippen molar-refractivity contribution in [3.63, 3.8) is 0 Å². The molecule has 0 radical (unpaired) electrons. The first-order valence-corrected chi connectivity index (χ1v) is 10.1. The number of carbonyl (C=O) groups is 2. The molecule has 6 heteroatoms. The number of rotatable bonds is 6. The zero-order chi connectivity index (χ0) is 20.6. The van der Waals surface area contributed by atoms with Gasteiger partial charge in [-0.05, 0) is 55.9 Å². The maximum atomic E-state index is 13.3. The highest BCUT2D eigenvalue weighted by Gasteiger charge is 2.24. The highest BCUT2D eigenvalue weighted by Crippen LogP contribution is 2.22. The van der Waals surface area contributed by atoms with E-state index in [0.717, 1.165) is 24.8 Å². The van der Waals surface area contributed by atoms with Gasteiger partial charge in [0, 0.05) is 31.7 Å². The van der Waals surface area contributed by atoms with E-state index >= 15 is 0 Å². The van der Waals surface area contributed by atoms with Gasteiger partial charge in [-0.15, -0.1) is 0 Å². The van der Waals surface area contributed by atoms with Crippen LogP contribution in [0.3, 0.4) is 0 Å². The number of piperidine rings is 1. The Balaban J connectivity index is 1.42. The normalized spacial score (nSPS) is 16.3. The molecule has 3 amide bonds. The predicted octanol–water partition coefficient (Wildman–Crippen LogP) is 4.47. The van der Waals surface area contributed by atoms with Crippen LogP contribution in [-0.2, 0) is 11.3 Å². The SMILES string of the molecule is Cc1cccc(CNC(=O)CC[C@H]2CCCN(C(=O)Nc3cccc(F)c3)C2)c1. The summed E-state index contributed by atoms with van der Waals surface area (Å²) in [5, 5.41) is 5.72. The van der Waals surface area contributed by atoms with Crippen LogP contribution in [-0.4, -0.2) is 29.9 Å². The van der Waals surface area contributed by atoms with E-state index in [-0.39, 0.29) is 17.8 Å². The number of aryl methyl sites for hydroxylation is 1. The highest BCUT2D eigenvalue weighted by atomic mass is 19.1. The Hall–Kier alpha value is -2.89. The summed E-state index contributed by atoms with van der Waals surface area (Å²) in [6, 6.07) is 13.8. The van der Waals surface area contributed by atoms with Gasteiger partial charge in [-0.3, -0.25) is 4.79 Å². The van der Waals surface area contributed by atoms with Gasteiger partial charge in [0.05, 0.1) is 0 Å². The van der Waals surface area contributed by atoms with Crippen molar-refractivity contribution >= 4 is 17.6 Å². The van der Waals surface area contributed by atoms with Gasteiger partial charge in [0.1, 0.15) is 5.82 Å². The molecule has 0 saturated carbocycles. The highest BCUT2D eigenvalue weighted by molar-refractivity contribution is 5.89. The monoisotopic (exact) mass is 397 g/mol. The number of benzene rings is 2. The van der Waals surface area contributed by atoms with Crippen molar-refractivity contribution in [3.8, 4) is 0 Å². The molecule has 3 rings (SSSR count). The van der Waals surface area contributed by atoms with Gasteiger partial charge in [-0.1, -0.05) is 35.9 Å². The van der Waals surface area contributed by atoms with Gasteiger partial charge in [-0.2, -0.15) is 0 Å². The van der Waals surface area contributed by atoms with E-state index in [1.54, 1.807) is 17.0 Å². The standard InChI is InChI=1S/C23H28FN3O2/c1-17-5-2-6-19(13-17)15-25-22(28)11-10-18-7-4-12-27(16-18)23(29)26-21-9-3-8-20(24)14-21/h2-3,5-6,8-9,13-14,18H,4,7,10-12,15-16H2,1H3,(H,25,28)(H,26,29)/t18-/m1/s1. The lowest BCUT2D eigenvalue weighted by Crippen LogP contribution is -2.42. The molecule has 1 fully saturated rings. The van der Waals surface area contributed by atoms with Crippen LogP contribution in [0.5, 0.6) is 0 Å². The Morgan fingerprint density at radius 1 is 1.17 bits per heavy atom. The summed E-state index contributed by atoms with van der Waals surface area (Å²) in [7, 11) is 0. The van der Waals surface area contributed by atoms with Crippen LogP contribution >= 0.6 is 0 Å². The molecule has 1 aliphatic rings. The third-order valence-electron chi connectivity index (χ3n) is 5.23. The molecule has 5 nitrogen and oxygen atoms in total. The topological polar surface area (TPSA) is 61.4 Å². The Bertz CT molecular complexity index is 856. The second-order valence-corrected chi connectivity index (χ2v) is 7.70. The summed E-state index contributed by atoms with van der Waals surface area (Å²) < 4.78 is 13.3. The minimum absolute atomic E-state index is 0.0350. The van der Waals surface area contributed by atoms with Crippen LogP contribution in [0.25, 0.3) is 0 Å². The van der Waals surface area contributed by atoms with Gasteiger partial charge >= 0.3 is 6.03 Å². The Kier molecular flexibility index (Phi) is 7.22. The fraction of sp³-hybridized carbons (Fsp3) is 0.391. The minimum atomic E-state index is -0.379. The lowest BCUT2D eigenvalue weighted by atomic mass is 9.93. The molecule has 0 aliphatic carbocycles. The van der Waals surface area contributed by atoms with Gasteiger partial charge < -0.3 is 15.5 Å². The van der Waals surface area contributed by atoms with Crippen molar-refractivity contribution in [2.24, 2.45) is 5.92 Å². The minimum Gasteiger partial charge on any atom is -0.352 e. The van der Waals surface area contributed by atoms with E-state index < -0.39 is 0 Å². The first-order chi connectivity index (χ1) is 14.0. The van der Waals surface area contributed by atoms with Crippen LogP contribution < -0.4 is 10.6 Å². The number of hydrogen-bond donors (Lipinski definition) is 2. The first-order valence-electron chi connectivity index (χ1n) is 10.1. The Labute approximate surface area is 171 Å². The molecular formula is C23H28FN3O2. The predicted molar refractivity (Wildman–Crippen MR) is 112 cm³/mol. The second kappa shape index (κ2) is 10.0. The molecule has 0 bridgehead atoms. The summed E-state index contributed by atoms with van der Waals surface area (Å²) in [6.07, 6.45) is 3.13. The maximum Gasteiger partial charge on any atom is 0.321 e. The molecule has 0 unspecified atom stereocenters. The fourth-order valence-electron chi connectivity index (χ4n) is 3.70. The van der Waals surface area contributed by atoms with Crippen LogP contribution in [0, 0.1) is 18.7 Å². The number of anilines is 1. The molecule has 29 heavy (non-hydrogen) atoms. The van der Waals surface area contributed by atoms with Crippen LogP contribution in [0.2, 0.25) is 0 Å². The van der Waals surface area contributed by atoms with Crippen molar-refractivity contribution in [3.05, 3.63) is 65.5 Å². The molecule has 1 aliphatic heterocycles. The number of urea groups is 1. The van der Waals surface area contributed by atoms with Gasteiger partial charge in [0.2, 0.25) is 5.91 Å². The zero-order valence-corrected chi connectivity index (χ0v) is 16.8. The number of amides is 3. The van der Waals surface area contributed by atoms with Crippen molar-refractivity contribution < 1.29 is 14.0 Å². The summed E-state index contributed by atoms with van der Waals surface area (Å²) >= 11 is 0. The molecule has 154 valence electrons. The van der Waals surface area contributed by atoms with Gasteiger partial charge in [0.15, 0.2) is 0 Å². The number of carbonyl (C=O) groups excluding carboxylic acids is 2. The molecule has 1 atom stereocenters. The van der Waals surface area contributed by atoms with E-state index in [9.17, 15) is 14.0 Å². The zero-order valence-electron chi connectivity index (χ0n) is 16.8. The molecule has 0 spiro atoms. The van der Waals surface area contributed by atoms with E-state index in [1.807, 2.05) is 25.1 Å². The lowest BCUT2D eigenvalue weighted by molar-refractivity contribution is -0.121. The van der Waals surface area contributed by atoms with E-state index in [4.69, 9.17) is 0 Å². The smallest absolute Gasteiger partial charge is 0.321 e. The number of likely N-dealkylation sites (tertiary alicyclic amines) is 1. The number of halogens is 1. The Morgan fingerprint density at radius 2 is 2.00 bits per heavy atom. The molecule has 2 aromatic carbocycles. The van der Waals surface area contributed by atoms with Crippen LogP contribution in [0.15, 0.2) is 48.5 Å². The molecular weight excluding hydrogens is 369 g/mol. The number of nitrogens with zero attached hydrogens (tertiary/aromatic N) is 1. The van der Waals surface area contributed by atoms with Crippen molar-refractivity contribution in [1.82, 2.24) is 10.2 Å².